The summed E-state index contributed by atoms with van der Waals surface area (Å²) in [7, 11) is -24.3. The van der Waals surface area contributed by atoms with E-state index in [4.69, 9.17) is 14.6 Å². The minimum Gasteiger partial charge on any atom is -0.394 e. The van der Waals surface area contributed by atoms with Crippen LogP contribution in [0.15, 0.2) is 21.9 Å². The molecule has 0 aromatic carbocycles. The molecule has 2 aliphatic heterocycles. The zero-order chi connectivity index (χ0) is 33.4. The Kier molecular flexibility index (Phi) is 11.9. The van der Waals surface area contributed by atoms with Gasteiger partial charge in [0.15, 0.2) is 12.5 Å². The number of aliphatic hydroxyl groups excluding tert-OH is 6. The second-order valence-electron chi connectivity index (χ2n) is 8.78. The second kappa shape index (κ2) is 14.0. The molecule has 29 heteroatoms. The number of aliphatic hydroxyl groups is 6. The zero-order valence-corrected chi connectivity index (χ0v) is 24.9. The van der Waals surface area contributed by atoms with Gasteiger partial charge in [0.05, 0.1) is 13.2 Å². The van der Waals surface area contributed by atoms with E-state index < -0.39 is 111 Å². The maximum Gasteiger partial charge on any atom is 0.490 e. The highest BCUT2D eigenvalue weighted by molar-refractivity contribution is 7.69. The minimum absolute atomic E-state index is 0.639. The Hall–Kier alpha value is -1.08. The lowest BCUT2D eigenvalue weighted by atomic mass is 10.00. The lowest BCUT2D eigenvalue weighted by molar-refractivity contribution is -0.280. The van der Waals surface area contributed by atoms with Gasteiger partial charge in [0.25, 0.3) is 5.56 Å². The van der Waals surface area contributed by atoms with E-state index in [1.807, 2.05) is 4.98 Å². The van der Waals surface area contributed by atoms with E-state index in [2.05, 4.69) is 22.0 Å². The van der Waals surface area contributed by atoms with Gasteiger partial charge in [-0.15, -0.1) is 0 Å². The molecule has 1 aromatic heterocycles. The molecule has 0 radical (unpaired) electrons. The van der Waals surface area contributed by atoms with Crippen molar-refractivity contribution in [2.45, 2.75) is 55.2 Å². The first-order chi connectivity index (χ1) is 20.1. The van der Waals surface area contributed by atoms with Crippen molar-refractivity contribution in [3.63, 3.8) is 0 Å². The van der Waals surface area contributed by atoms with Crippen LogP contribution in [0, 0.1) is 0 Å². The van der Waals surface area contributed by atoms with Crippen LogP contribution >= 0.6 is 31.3 Å². The first kappa shape index (κ1) is 37.4. The summed E-state index contributed by atoms with van der Waals surface area (Å²) in [4.78, 5) is 63.7. The van der Waals surface area contributed by atoms with Gasteiger partial charge in [-0.1, -0.05) is 0 Å². The second-order valence-corrected chi connectivity index (χ2v) is 15.0. The van der Waals surface area contributed by atoms with Gasteiger partial charge in [0.1, 0.15) is 42.7 Å². The summed E-state index contributed by atoms with van der Waals surface area (Å²) >= 11 is 0. The van der Waals surface area contributed by atoms with Crippen LogP contribution in [-0.4, -0.2) is 122 Å². The van der Waals surface area contributed by atoms with E-state index in [1.165, 1.54) is 0 Å². The Balaban J connectivity index is 1.59. The van der Waals surface area contributed by atoms with E-state index in [1.54, 1.807) is 0 Å². The lowest BCUT2D eigenvalue weighted by Crippen LogP contribution is -2.58. The Morgan fingerprint density at radius 1 is 0.750 bits per heavy atom. The fourth-order valence-corrected chi connectivity index (χ4v) is 8.66. The molecule has 11 N–H and O–H groups in total. The number of nitrogens with one attached hydrogen (secondary N) is 1. The maximum atomic E-state index is 12.2. The van der Waals surface area contributed by atoms with Crippen LogP contribution in [0.5, 0.6) is 0 Å². The van der Waals surface area contributed by atoms with Crippen LogP contribution < -0.4 is 11.2 Å². The molecule has 2 fully saturated rings. The number of nitrogens with zero attached hydrogens (tertiary/aromatic N) is 1. The maximum absolute atomic E-state index is 12.2. The van der Waals surface area contributed by atoms with Crippen molar-refractivity contribution in [3.05, 3.63) is 33.1 Å². The standard InChI is InChI=1S/C15H26N2O23P4/c18-3-5-8(20)10(22)12(24)14(36-5)37-42(28,29)39-44(32,33)40-43(30,31)38-41(26,27)34-4-6-9(21)11(23)13(35-6)17-2-1-7(19)16-15(17)25/h1-2,5-6,8-14,18,20-24H,3-4H2,(H,26,27)(H,28,29)(H,30,31)(H,32,33)(H,16,19,25)/t5-,6-,8-,9-,10+,11-,12-,13-,14-/m1/s1. The number of phosphoric acid groups is 4. The summed E-state index contributed by atoms with van der Waals surface area (Å²) in [6.45, 7) is -2.23. The van der Waals surface area contributed by atoms with Crippen molar-refractivity contribution < 1.29 is 99.9 Å². The minimum atomic E-state index is -6.28. The highest BCUT2D eigenvalue weighted by Gasteiger charge is 2.51. The summed E-state index contributed by atoms with van der Waals surface area (Å²) in [5.41, 5.74) is -1.89. The molecule has 254 valence electrons. The highest BCUT2D eigenvalue weighted by Crippen LogP contribution is 2.71. The first-order valence-corrected chi connectivity index (χ1v) is 17.5. The van der Waals surface area contributed by atoms with Gasteiger partial charge in [-0.25, -0.2) is 23.1 Å². The molecule has 3 heterocycles. The van der Waals surface area contributed by atoms with Gasteiger partial charge in [-0.05, 0) is 0 Å². The van der Waals surface area contributed by atoms with E-state index in [0.29, 0.717) is 4.57 Å². The van der Waals surface area contributed by atoms with Crippen molar-refractivity contribution in [2.75, 3.05) is 13.2 Å². The quantitative estimate of drug-likeness (QED) is 0.0852. The van der Waals surface area contributed by atoms with E-state index in [-0.39, 0.29) is 0 Å². The summed E-state index contributed by atoms with van der Waals surface area (Å²) in [5, 5.41) is 58.5. The van der Waals surface area contributed by atoms with Crippen LogP contribution in [0.1, 0.15) is 6.23 Å². The number of aromatic nitrogens is 2. The third kappa shape index (κ3) is 9.48. The molecule has 0 bridgehead atoms. The monoisotopic (exact) mass is 726 g/mol. The Bertz CT molecular complexity index is 1480. The summed E-state index contributed by atoms with van der Waals surface area (Å²) in [6, 6.07) is 0.864. The van der Waals surface area contributed by atoms with Gasteiger partial charge >= 0.3 is 37.0 Å². The number of H-pyrrole nitrogens is 1. The van der Waals surface area contributed by atoms with Gasteiger partial charge in [0, 0.05) is 12.3 Å². The van der Waals surface area contributed by atoms with Crippen LogP contribution in [-0.2, 0) is 49.7 Å². The third-order valence-electron chi connectivity index (χ3n) is 5.57. The van der Waals surface area contributed by atoms with Crippen molar-refractivity contribution in [2.24, 2.45) is 0 Å². The molecule has 0 saturated carbocycles. The van der Waals surface area contributed by atoms with Gasteiger partial charge < -0.3 is 59.7 Å². The van der Waals surface area contributed by atoms with Gasteiger partial charge in [-0.3, -0.25) is 23.4 Å². The molecule has 13 atom stereocenters. The number of hydrogen-bond donors (Lipinski definition) is 11. The van der Waals surface area contributed by atoms with Crippen molar-refractivity contribution in [3.8, 4) is 0 Å². The molecular weight excluding hydrogens is 700 g/mol. The molecule has 25 nitrogen and oxygen atoms in total. The predicted molar refractivity (Wildman–Crippen MR) is 131 cm³/mol. The number of hydrogen-bond acceptors (Lipinski definition) is 19. The normalized spacial score (nSPS) is 36.5. The van der Waals surface area contributed by atoms with Crippen LogP contribution in [0.3, 0.4) is 0 Å². The molecule has 3 rings (SSSR count). The fourth-order valence-electron chi connectivity index (χ4n) is 3.64. The molecule has 2 aliphatic rings. The highest BCUT2D eigenvalue weighted by atomic mass is 31.3. The number of aromatic amines is 1. The Labute approximate surface area is 242 Å². The molecule has 44 heavy (non-hydrogen) atoms. The SMILES string of the molecule is O=c1ccn([C@@H]2O[C@H](COP(=O)(O)OP(=O)(O)OP(=O)(O)OP(=O)(O)O[C@H]3O[C@H](CO)[C@@H](O)[C@H](O)[C@H]3O)[C@@H](O)[C@H]2O)c(=O)[nH]1. The summed E-state index contributed by atoms with van der Waals surface area (Å²) in [5.74, 6) is 0. The van der Waals surface area contributed by atoms with Crippen molar-refractivity contribution in [1.82, 2.24) is 9.55 Å². The zero-order valence-electron chi connectivity index (χ0n) is 21.3. The molecule has 2 saturated heterocycles. The van der Waals surface area contributed by atoms with Gasteiger partial charge in [0.2, 0.25) is 0 Å². The van der Waals surface area contributed by atoms with E-state index in [9.17, 15) is 73.0 Å². The van der Waals surface area contributed by atoms with Crippen molar-refractivity contribution >= 4 is 31.3 Å². The molecule has 0 amide bonds. The average Bonchev–Trinajstić information content (AvgIpc) is 3.14. The molecule has 0 spiro atoms. The molecule has 0 aliphatic carbocycles. The molecule has 4 unspecified atom stereocenters. The Morgan fingerprint density at radius 2 is 1.30 bits per heavy atom. The smallest absolute Gasteiger partial charge is 0.394 e. The summed E-state index contributed by atoms with van der Waals surface area (Å²) in [6.07, 6.45) is -16.8. The Morgan fingerprint density at radius 3 is 1.86 bits per heavy atom. The topological polar surface area (TPSA) is 390 Å². The van der Waals surface area contributed by atoms with E-state index in [0.717, 1.165) is 12.3 Å². The number of rotatable bonds is 13. The summed E-state index contributed by atoms with van der Waals surface area (Å²) < 4.78 is 78.7. The van der Waals surface area contributed by atoms with E-state index >= 15 is 0 Å². The first-order valence-electron chi connectivity index (χ1n) is 11.5. The predicted octanol–water partition coefficient (Wildman–Crippen LogP) is -4.56. The lowest BCUT2D eigenvalue weighted by Gasteiger charge is -2.39. The van der Waals surface area contributed by atoms with Gasteiger partial charge in [-0.2, -0.15) is 12.9 Å². The molecular formula is C15H26N2O23P4. The number of ether oxygens (including phenoxy) is 2. The van der Waals surface area contributed by atoms with Crippen LogP contribution in [0.4, 0.5) is 0 Å². The largest absolute Gasteiger partial charge is 0.490 e. The van der Waals surface area contributed by atoms with Crippen molar-refractivity contribution in [1.29, 1.82) is 0 Å². The molecule has 1 aromatic rings. The number of phosphoric ester groups is 2. The fraction of sp³-hybridized carbons (Fsp3) is 0.733. The third-order valence-corrected chi connectivity index (χ3v) is 11.5. The van der Waals surface area contributed by atoms with Crippen LogP contribution in [0.25, 0.3) is 0 Å². The van der Waals surface area contributed by atoms with Crippen LogP contribution in [0.2, 0.25) is 0 Å². The average molecular weight is 726 g/mol.